The van der Waals surface area contributed by atoms with Crippen LogP contribution in [0.15, 0.2) is 47.4 Å². The molecule has 156 valence electrons. The van der Waals surface area contributed by atoms with Crippen molar-refractivity contribution in [1.82, 2.24) is 9.62 Å². The van der Waals surface area contributed by atoms with E-state index in [1.165, 1.54) is 17.0 Å². The minimum absolute atomic E-state index is 0.00950. The first-order valence-electron chi connectivity index (χ1n) is 9.46. The zero-order valence-corrected chi connectivity index (χ0v) is 17.7. The summed E-state index contributed by atoms with van der Waals surface area (Å²) in [5, 5.41) is 0. The summed E-state index contributed by atoms with van der Waals surface area (Å²) in [5.41, 5.74) is 1.08. The Hall–Kier alpha value is -2.58. The number of carbonyl (C=O) groups excluding carboxylic acids is 1. The largest absolute Gasteiger partial charge is 0.493 e. The fourth-order valence-electron chi connectivity index (χ4n) is 2.83. The Bertz CT molecular complexity index is 986. The van der Waals surface area contributed by atoms with Gasteiger partial charge in [0, 0.05) is 18.7 Å². The van der Waals surface area contributed by atoms with E-state index in [4.69, 9.17) is 9.47 Å². The monoisotopic (exact) mass is 418 g/mol. The summed E-state index contributed by atoms with van der Waals surface area (Å²) in [4.78, 5) is 14.5. The van der Waals surface area contributed by atoms with Crippen LogP contribution in [-0.2, 0) is 10.0 Å². The standard InChI is InChI=1S/C21H26N2O5S/c1-15-8-11-17(29(25,26)22-16-9-10-16)14-18(15)21(24)23(2)12-13-28-20-7-5-4-6-19(20)27-3/h4-8,11,14,16,22H,9-10,12-13H2,1-3H3. The fraction of sp³-hybridized carbons (Fsp3) is 0.381. The Morgan fingerprint density at radius 1 is 1.17 bits per heavy atom. The predicted molar refractivity (Wildman–Crippen MR) is 110 cm³/mol. The van der Waals surface area contributed by atoms with E-state index in [-0.39, 0.29) is 23.5 Å². The van der Waals surface area contributed by atoms with Gasteiger partial charge in [0.25, 0.3) is 5.91 Å². The van der Waals surface area contributed by atoms with Crippen LogP contribution in [0.3, 0.4) is 0 Å². The summed E-state index contributed by atoms with van der Waals surface area (Å²) in [6.45, 7) is 2.41. The molecule has 29 heavy (non-hydrogen) atoms. The van der Waals surface area contributed by atoms with Crippen molar-refractivity contribution >= 4 is 15.9 Å². The lowest BCUT2D eigenvalue weighted by Gasteiger charge is -2.19. The maximum atomic E-state index is 12.9. The normalized spacial score (nSPS) is 13.8. The summed E-state index contributed by atoms with van der Waals surface area (Å²) in [7, 11) is -0.383. The van der Waals surface area contributed by atoms with E-state index in [2.05, 4.69) is 4.72 Å². The van der Waals surface area contributed by atoms with Crippen molar-refractivity contribution in [1.29, 1.82) is 0 Å². The second kappa shape index (κ2) is 8.84. The van der Waals surface area contributed by atoms with Crippen LogP contribution >= 0.6 is 0 Å². The van der Waals surface area contributed by atoms with Gasteiger partial charge >= 0.3 is 0 Å². The van der Waals surface area contributed by atoms with Gasteiger partial charge in [0.2, 0.25) is 10.0 Å². The lowest BCUT2D eigenvalue weighted by Crippen LogP contribution is -2.32. The SMILES string of the molecule is COc1ccccc1OCCN(C)C(=O)c1cc(S(=O)(=O)NC2CC2)ccc1C. The number of nitrogens with zero attached hydrogens (tertiary/aromatic N) is 1. The second-order valence-corrected chi connectivity index (χ2v) is 8.81. The van der Waals surface area contributed by atoms with Crippen LogP contribution < -0.4 is 14.2 Å². The summed E-state index contributed by atoms with van der Waals surface area (Å²) in [5.74, 6) is 0.972. The number of methoxy groups -OCH3 is 1. The Morgan fingerprint density at radius 3 is 2.52 bits per heavy atom. The van der Waals surface area contributed by atoms with Gasteiger partial charge in [-0.05, 0) is 49.6 Å². The van der Waals surface area contributed by atoms with Gasteiger partial charge in [-0.25, -0.2) is 13.1 Å². The van der Waals surface area contributed by atoms with Crippen LogP contribution in [0.25, 0.3) is 0 Å². The number of sulfonamides is 1. The quantitative estimate of drug-likeness (QED) is 0.677. The van der Waals surface area contributed by atoms with E-state index < -0.39 is 10.0 Å². The predicted octanol–water partition coefficient (Wildman–Crippen LogP) is 2.60. The van der Waals surface area contributed by atoms with Crippen molar-refractivity contribution in [2.24, 2.45) is 0 Å². The first-order chi connectivity index (χ1) is 13.8. The van der Waals surface area contributed by atoms with Gasteiger partial charge < -0.3 is 14.4 Å². The molecule has 1 N–H and O–H groups in total. The Balaban J connectivity index is 1.66. The van der Waals surface area contributed by atoms with Crippen molar-refractivity contribution in [2.75, 3.05) is 27.3 Å². The number of ether oxygens (including phenoxy) is 2. The van der Waals surface area contributed by atoms with Crippen molar-refractivity contribution in [3.63, 3.8) is 0 Å². The number of hydrogen-bond donors (Lipinski definition) is 1. The van der Waals surface area contributed by atoms with E-state index in [0.717, 1.165) is 18.4 Å². The van der Waals surface area contributed by atoms with Crippen molar-refractivity contribution in [2.45, 2.75) is 30.7 Å². The number of carbonyl (C=O) groups is 1. The molecular weight excluding hydrogens is 392 g/mol. The summed E-state index contributed by atoms with van der Waals surface area (Å²) in [6, 6.07) is 11.9. The van der Waals surface area contributed by atoms with E-state index in [9.17, 15) is 13.2 Å². The first-order valence-corrected chi connectivity index (χ1v) is 10.9. The lowest BCUT2D eigenvalue weighted by atomic mass is 10.1. The first kappa shape index (κ1) is 21.1. The Morgan fingerprint density at radius 2 is 1.86 bits per heavy atom. The molecule has 0 aliphatic heterocycles. The summed E-state index contributed by atoms with van der Waals surface area (Å²) in [6.07, 6.45) is 1.71. The number of rotatable bonds is 9. The molecule has 0 saturated heterocycles. The van der Waals surface area contributed by atoms with Crippen molar-refractivity contribution in [3.05, 3.63) is 53.6 Å². The molecule has 1 fully saturated rings. The van der Waals surface area contributed by atoms with Gasteiger partial charge in [0.1, 0.15) is 6.61 Å². The van der Waals surface area contributed by atoms with Crippen LogP contribution in [-0.4, -0.2) is 52.6 Å². The van der Waals surface area contributed by atoms with E-state index >= 15 is 0 Å². The highest BCUT2D eigenvalue weighted by atomic mass is 32.2. The third-order valence-corrected chi connectivity index (χ3v) is 6.27. The molecule has 8 heteroatoms. The molecule has 0 aromatic heterocycles. The molecule has 1 aliphatic rings. The molecule has 1 saturated carbocycles. The number of hydrogen-bond acceptors (Lipinski definition) is 5. The maximum Gasteiger partial charge on any atom is 0.254 e. The van der Waals surface area contributed by atoms with Crippen LogP contribution in [0.1, 0.15) is 28.8 Å². The average molecular weight is 419 g/mol. The molecule has 0 unspecified atom stereocenters. The third-order valence-electron chi connectivity index (χ3n) is 4.75. The smallest absolute Gasteiger partial charge is 0.254 e. The average Bonchev–Trinajstić information content (AvgIpc) is 3.51. The molecule has 0 spiro atoms. The van der Waals surface area contributed by atoms with E-state index in [1.807, 2.05) is 12.1 Å². The van der Waals surface area contributed by atoms with E-state index in [1.54, 1.807) is 39.3 Å². The van der Waals surface area contributed by atoms with E-state index in [0.29, 0.717) is 23.6 Å². The lowest BCUT2D eigenvalue weighted by molar-refractivity contribution is 0.0772. The molecule has 2 aromatic carbocycles. The highest BCUT2D eigenvalue weighted by Crippen LogP contribution is 2.26. The van der Waals surface area contributed by atoms with Gasteiger partial charge in [0.15, 0.2) is 11.5 Å². The molecule has 0 bridgehead atoms. The molecule has 2 aromatic rings. The Kier molecular flexibility index (Phi) is 6.44. The van der Waals surface area contributed by atoms with Gasteiger partial charge in [-0.2, -0.15) is 0 Å². The number of para-hydroxylation sites is 2. The minimum atomic E-state index is -3.62. The van der Waals surface area contributed by atoms with Gasteiger partial charge in [0.05, 0.1) is 18.6 Å². The summed E-state index contributed by atoms with van der Waals surface area (Å²) < 4.78 is 38.5. The molecule has 0 heterocycles. The molecule has 7 nitrogen and oxygen atoms in total. The maximum absolute atomic E-state index is 12.9. The molecule has 0 radical (unpaired) electrons. The third kappa shape index (κ3) is 5.27. The molecule has 1 aliphatic carbocycles. The van der Waals surface area contributed by atoms with Crippen LogP contribution in [0, 0.1) is 6.92 Å². The van der Waals surface area contributed by atoms with Crippen LogP contribution in [0.2, 0.25) is 0 Å². The minimum Gasteiger partial charge on any atom is -0.493 e. The number of nitrogens with one attached hydrogen (secondary N) is 1. The number of aryl methyl sites for hydroxylation is 1. The zero-order valence-electron chi connectivity index (χ0n) is 16.8. The summed E-state index contributed by atoms with van der Waals surface area (Å²) >= 11 is 0. The van der Waals surface area contributed by atoms with Crippen LogP contribution in [0.5, 0.6) is 11.5 Å². The molecule has 3 rings (SSSR count). The molecule has 0 atom stereocenters. The van der Waals surface area contributed by atoms with Crippen LogP contribution in [0.4, 0.5) is 0 Å². The van der Waals surface area contributed by atoms with Crippen molar-refractivity contribution in [3.8, 4) is 11.5 Å². The number of amides is 1. The topological polar surface area (TPSA) is 84.9 Å². The van der Waals surface area contributed by atoms with Gasteiger partial charge in [-0.1, -0.05) is 18.2 Å². The highest BCUT2D eigenvalue weighted by Gasteiger charge is 2.28. The number of likely N-dealkylation sites (N-methyl/N-ethyl adjacent to an activating group) is 1. The highest BCUT2D eigenvalue weighted by molar-refractivity contribution is 7.89. The Labute approximate surface area is 171 Å². The van der Waals surface area contributed by atoms with Gasteiger partial charge in [-0.15, -0.1) is 0 Å². The number of benzene rings is 2. The van der Waals surface area contributed by atoms with Gasteiger partial charge in [-0.3, -0.25) is 4.79 Å². The molecule has 1 amide bonds. The van der Waals surface area contributed by atoms with Crippen molar-refractivity contribution < 1.29 is 22.7 Å². The zero-order chi connectivity index (χ0) is 21.0. The second-order valence-electron chi connectivity index (χ2n) is 7.10. The fourth-order valence-corrected chi connectivity index (χ4v) is 4.16. The molecular formula is C21H26N2O5S.